The lowest BCUT2D eigenvalue weighted by Gasteiger charge is -2.28. The Balaban J connectivity index is 1.57. The number of halogens is 2. The van der Waals surface area contributed by atoms with Crippen LogP contribution in [0.5, 0.6) is 5.75 Å². The molecule has 3 aromatic rings. The summed E-state index contributed by atoms with van der Waals surface area (Å²) < 4.78 is 5.27. The quantitative estimate of drug-likeness (QED) is 0.501. The van der Waals surface area contributed by atoms with Crippen molar-refractivity contribution in [3.63, 3.8) is 0 Å². The third kappa shape index (κ3) is 3.32. The Morgan fingerprint density at radius 1 is 0.844 bits per heavy atom. The van der Waals surface area contributed by atoms with Gasteiger partial charge in [-0.3, -0.25) is 14.4 Å². The Kier molecular flexibility index (Phi) is 5.29. The Morgan fingerprint density at radius 3 is 2.22 bits per heavy atom. The van der Waals surface area contributed by atoms with E-state index in [1.165, 1.54) is 6.07 Å². The minimum absolute atomic E-state index is 0.264. The van der Waals surface area contributed by atoms with Gasteiger partial charge in [-0.15, -0.1) is 0 Å². The summed E-state index contributed by atoms with van der Waals surface area (Å²) in [6.45, 7) is 0. The molecule has 6 nitrogen and oxygen atoms in total. The van der Waals surface area contributed by atoms with Crippen LogP contribution in [0, 0.1) is 5.92 Å². The molecular formula is C24H18Cl2N2O4. The van der Waals surface area contributed by atoms with Crippen molar-refractivity contribution in [2.75, 3.05) is 17.1 Å². The van der Waals surface area contributed by atoms with Gasteiger partial charge in [-0.05, 0) is 48.0 Å². The van der Waals surface area contributed by atoms with Gasteiger partial charge in [0.15, 0.2) is 6.10 Å². The molecule has 0 aliphatic carbocycles. The average molecular weight is 469 g/mol. The van der Waals surface area contributed by atoms with Gasteiger partial charge in [0.1, 0.15) is 11.7 Å². The van der Waals surface area contributed by atoms with E-state index in [1.54, 1.807) is 24.3 Å². The lowest BCUT2D eigenvalue weighted by Crippen LogP contribution is -2.37. The number of methoxy groups -OCH3 is 1. The fraction of sp³-hybridized carbons (Fsp3) is 0.167. The number of amides is 2. The number of hydrogen-bond donors (Lipinski definition) is 0. The SMILES string of the molecule is COc1ccc(C2C3C(=O)N(c4ccc(Cl)c(Cl)c4)C(=O)C3ON2c2ccccc2)cc1. The molecule has 0 radical (unpaired) electrons. The van der Waals surface area contributed by atoms with Crippen LogP contribution in [0.3, 0.4) is 0 Å². The van der Waals surface area contributed by atoms with Crippen molar-refractivity contribution >= 4 is 46.4 Å². The molecule has 2 amide bonds. The molecule has 0 bridgehead atoms. The monoisotopic (exact) mass is 468 g/mol. The van der Waals surface area contributed by atoms with Crippen LogP contribution < -0.4 is 14.7 Å². The van der Waals surface area contributed by atoms with Crippen molar-refractivity contribution in [3.05, 3.63) is 88.4 Å². The first kappa shape index (κ1) is 20.8. The minimum atomic E-state index is -0.954. The van der Waals surface area contributed by atoms with Gasteiger partial charge >= 0.3 is 0 Å². The van der Waals surface area contributed by atoms with E-state index in [4.69, 9.17) is 32.8 Å². The summed E-state index contributed by atoms with van der Waals surface area (Å²) in [5.74, 6) is -0.819. The molecule has 2 fully saturated rings. The van der Waals surface area contributed by atoms with Crippen molar-refractivity contribution in [1.29, 1.82) is 0 Å². The smallest absolute Gasteiger partial charge is 0.266 e. The maximum Gasteiger partial charge on any atom is 0.266 e. The maximum absolute atomic E-state index is 13.6. The zero-order chi connectivity index (χ0) is 22.4. The van der Waals surface area contributed by atoms with Crippen LogP contribution in [-0.4, -0.2) is 25.0 Å². The molecule has 2 saturated heterocycles. The molecule has 162 valence electrons. The summed E-state index contributed by atoms with van der Waals surface area (Å²) in [4.78, 5) is 34.1. The Morgan fingerprint density at radius 2 is 1.56 bits per heavy atom. The zero-order valence-electron chi connectivity index (χ0n) is 16.9. The fourth-order valence-electron chi connectivity index (χ4n) is 4.23. The largest absolute Gasteiger partial charge is 0.497 e. The fourth-order valence-corrected chi connectivity index (χ4v) is 4.52. The first-order valence-electron chi connectivity index (χ1n) is 9.97. The summed E-state index contributed by atoms with van der Waals surface area (Å²) in [5.41, 5.74) is 1.95. The Bertz CT molecular complexity index is 1190. The van der Waals surface area contributed by atoms with Crippen LogP contribution in [-0.2, 0) is 14.4 Å². The highest BCUT2D eigenvalue weighted by molar-refractivity contribution is 6.42. The summed E-state index contributed by atoms with van der Waals surface area (Å²) in [5, 5.41) is 2.26. The number of fused-ring (bicyclic) bond motifs is 1. The molecule has 3 unspecified atom stereocenters. The maximum atomic E-state index is 13.6. The number of imide groups is 1. The normalized spacial score (nSPS) is 22.4. The van der Waals surface area contributed by atoms with Gasteiger partial charge in [0.2, 0.25) is 5.91 Å². The van der Waals surface area contributed by atoms with E-state index in [1.807, 2.05) is 54.6 Å². The molecule has 0 spiro atoms. The second kappa shape index (κ2) is 8.13. The Labute approximate surface area is 194 Å². The molecule has 0 N–H and O–H groups in total. The predicted octanol–water partition coefficient (Wildman–Crippen LogP) is 5.05. The number of nitrogens with zero attached hydrogens (tertiary/aromatic N) is 2. The molecule has 0 saturated carbocycles. The van der Waals surface area contributed by atoms with Crippen LogP contribution in [0.2, 0.25) is 10.0 Å². The molecule has 2 aliphatic rings. The first-order valence-corrected chi connectivity index (χ1v) is 10.7. The number of carbonyl (C=O) groups excluding carboxylic acids is 2. The summed E-state index contributed by atoms with van der Waals surface area (Å²) in [7, 11) is 1.59. The van der Waals surface area contributed by atoms with Crippen molar-refractivity contribution in [2.24, 2.45) is 5.92 Å². The van der Waals surface area contributed by atoms with Gasteiger partial charge < -0.3 is 4.74 Å². The molecule has 2 heterocycles. The summed E-state index contributed by atoms with van der Waals surface area (Å²) in [6.07, 6.45) is -0.954. The van der Waals surface area contributed by atoms with E-state index < -0.39 is 24.0 Å². The summed E-state index contributed by atoms with van der Waals surface area (Å²) >= 11 is 12.1. The highest BCUT2D eigenvalue weighted by Gasteiger charge is 2.60. The molecule has 5 rings (SSSR count). The van der Waals surface area contributed by atoms with E-state index in [0.717, 1.165) is 16.2 Å². The van der Waals surface area contributed by atoms with Gasteiger partial charge in [-0.25, -0.2) is 9.96 Å². The molecule has 3 aromatic carbocycles. The number of hydroxylamine groups is 1. The number of ether oxygens (including phenoxy) is 1. The molecule has 2 aliphatic heterocycles. The molecule has 32 heavy (non-hydrogen) atoms. The lowest BCUT2D eigenvalue weighted by atomic mass is 9.90. The van der Waals surface area contributed by atoms with Crippen molar-refractivity contribution in [2.45, 2.75) is 12.1 Å². The molecule has 3 atom stereocenters. The van der Waals surface area contributed by atoms with Crippen LogP contribution in [0.4, 0.5) is 11.4 Å². The number of hydrogen-bond acceptors (Lipinski definition) is 5. The predicted molar refractivity (Wildman–Crippen MR) is 122 cm³/mol. The van der Waals surface area contributed by atoms with E-state index in [-0.39, 0.29) is 10.9 Å². The van der Waals surface area contributed by atoms with E-state index in [2.05, 4.69) is 0 Å². The van der Waals surface area contributed by atoms with Crippen LogP contribution in [0.1, 0.15) is 11.6 Å². The second-order valence-corrected chi connectivity index (χ2v) is 8.36. The lowest BCUT2D eigenvalue weighted by molar-refractivity contribution is -0.126. The highest BCUT2D eigenvalue weighted by Crippen LogP contribution is 2.48. The van der Waals surface area contributed by atoms with E-state index in [0.29, 0.717) is 16.5 Å². The van der Waals surface area contributed by atoms with Gasteiger partial charge in [0, 0.05) is 0 Å². The average Bonchev–Trinajstić information content (AvgIpc) is 3.32. The highest BCUT2D eigenvalue weighted by atomic mass is 35.5. The number of carbonyl (C=O) groups is 2. The van der Waals surface area contributed by atoms with E-state index >= 15 is 0 Å². The van der Waals surface area contributed by atoms with Crippen molar-refractivity contribution < 1.29 is 19.2 Å². The van der Waals surface area contributed by atoms with E-state index in [9.17, 15) is 9.59 Å². The molecular weight excluding hydrogens is 451 g/mol. The topological polar surface area (TPSA) is 59.1 Å². The van der Waals surface area contributed by atoms with Gasteiger partial charge in [0.25, 0.3) is 5.91 Å². The molecule has 8 heteroatoms. The van der Waals surface area contributed by atoms with Crippen molar-refractivity contribution in [1.82, 2.24) is 0 Å². The summed E-state index contributed by atoms with van der Waals surface area (Å²) in [6, 6.07) is 21.0. The Hall–Kier alpha value is -3.06. The first-order chi connectivity index (χ1) is 15.5. The third-order valence-corrected chi connectivity index (χ3v) is 6.48. The molecule has 0 aromatic heterocycles. The van der Waals surface area contributed by atoms with Crippen LogP contribution in [0.25, 0.3) is 0 Å². The standard InChI is InChI=1S/C24H18Cl2N2O4/c1-31-17-10-7-14(8-11-17)21-20-22(32-28(21)15-5-3-2-4-6-15)24(30)27(23(20)29)16-9-12-18(25)19(26)13-16/h2-13,20-22H,1H3. The van der Waals surface area contributed by atoms with Crippen LogP contribution in [0.15, 0.2) is 72.8 Å². The third-order valence-electron chi connectivity index (χ3n) is 5.74. The number of benzene rings is 3. The van der Waals surface area contributed by atoms with Crippen molar-refractivity contribution in [3.8, 4) is 5.75 Å². The number of anilines is 2. The minimum Gasteiger partial charge on any atom is -0.497 e. The van der Waals surface area contributed by atoms with Gasteiger partial charge in [0.05, 0.1) is 34.6 Å². The zero-order valence-corrected chi connectivity index (χ0v) is 18.5. The number of para-hydroxylation sites is 1. The number of rotatable bonds is 4. The van der Waals surface area contributed by atoms with Gasteiger partial charge in [-0.1, -0.05) is 53.5 Å². The van der Waals surface area contributed by atoms with Crippen LogP contribution >= 0.6 is 23.2 Å². The second-order valence-electron chi connectivity index (χ2n) is 7.54. The van der Waals surface area contributed by atoms with Gasteiger partial charge in [-0.2, -0.15) is 0 Å².